The SMILES string of the molecule is CC12N=CC=CC1N=C(c1cc(-c3nc4cccnc4n3C3=C(c4ccccc4)CCC=C3)cc(-c3nc4ccc(-c5cnc6c(c5)nc(-c5cc(-c7nc8cccnc8n7C7C=CC=C(c8ccccc8)C7)cc(-c7nc8cccnc8n7C7C=CCC(c8ccccc8)C7)c5)n6-c5cccc(-c6ccccc6)c5)nc4n3-c3ccccc3-c3ccccc3)c1)N2c1ccccc1-c1ccccc1. The summed E-state index contributed by atoms with van der Waals surface area (Å²) in [7, 11) is 0. The van der Waals surface area contributed by atoms with Gasteiger partial charge in [0.15, 0.2) is 33.9 Å². The lowest BCUT2D eigenvalue weighted by molar-refractivity contribution is 0.468. The van der Waals surface area contributed by atoms with Crippen molar-refractivity contribution < 1.29 is 0 Å². The number of anilines is 1. The highest BCUT2D eigenvalue weighted by molar-refractivity contribution is 6.16. The molecule has 12 heterocycles. The van der Waals surface area contributed by atoms with Crippen molar-refractivity contribution in [1.82, 2.24) is 72.7 Å². The van der Waals surface area contributed by atoms with E-state index in [2.05, 4.69) is 411 Å². The summed E-state index contributed by atoms with van der Waals surface area (Å²) in [6.45, 7) is 2.19. The Hall–Kier alpha value is -17.9. The molecule has 26 rings (SSSR count). The van der Waals surface area contributed by atoms with Crippen molar-refractivity contribution in [3.8, 4) is 113 Å². The van der Waals surface area contributed by atoms with Gasteiger partial charge in [-0.05, 0) is 222 Å². The first-order valence-corrected chi connectivity index (χ1v) is 47.5. The predicted molar refractivity (Wildman–Crippen MR) is 560 cm³/mol. The van der Waals surface area contributed by atoms with Crippen LogP contribution in [0.4, 0.5) is 5.69 Å². The summed E-state index contributed by atoms with van der Waals surface area (Å²) in [5.41, 5.74) is 28.6. The molecule has 5 aliphatic rings. The minimum atomic E-state index is -0.885. The van der Waals surface area contributed by atoms with Crippen LogP contribution >= 0.6 is 0 Å². The van der Waals surface area contributed by atoms with E-state index >= 15 is 0 Å². The molecule has 0 bridgehead atoms. The minimum Gasteiger partial charge on any atom is -0.302 e. The van der Waals surface area contributed by atoms with Gasteiger partial charge in [0.25, 0.3) is 0 Å². The lowest BCUT2D eigenvalue weighted by Crippen LogP contribution is -2.50. The smallest absolute Gasteiger partial charge is 0.165 e. The molecule has 0 radical (unpaired) electrons. The number of rotatable bonds is 19. The first kappa shape index (κ1) is 81.8. The molecule has 139 heavy (non-hydrogen) atoms. The molecule has 0 saturated heterocycles. The first-order valence-electron chi connectivity index (χ1n) is 47.5. The summed E-state index contributed by atoms with van der Waals surface area (Å²) in [5, 5.41) is 0. The normalized spacial score (nSPS) is 17.3. The minimum absolute atomic E-state index is 0.105. The third-order valence-corrected chi connectivity index (χ3v) is 27.9. The van der Waals surface area contributed by atoms with Crippen LogP contribution in [0.3, 0.4) is 0 Å². The maximum atomic E-state index is 5.95. The number of hydrogen-bond donors (Lipinski definition) is 0. The number of fused-ring (bicyclic) bond motifs is 6. The maximum Gasteiger partial charge on any atom is 0.165 e. The molecule has 21 aromatic rings. The van der Waals surface area contributed by atoms with Crippen molar-refractivity contribution in [2.75, 3.05) is 4.90 Å². The third kappa shape index (κ3) is 14.5. The number of aliphatic imine (C=N–C) groups is 2. The first-order chi connectivity index (χ1) is 68.8. The van der Waals surface area contributed by atoms with Crippen LogP contribution in [0.1, 0.15) is 79.3 Å². The predicted octanol–water partition coefficient (Wildman–Crippen LogP) is 27.4. The summed E-state index contributed by atoms with van der Waals surface area (Å²) >= 11 is 0. The summed E-state index contributed by atoms with van der Waals surface area (Å²) in [6, 6.07) is 121. The number of pyridine rings is 5. The van der Waals surface area contributed by atoms with Crippen LogP contribution in [-0.2, 0) is 0 Å². The van der Waals surface area contributed by atoms with E-state index in [4.69, 9.17) is 59.8 Å². The molecule has 5 atom stereocenters. The zero-order valence-corrected chi connectivity index (χ0v) is 75.9. The lowest BCUT2D eigenvalue weighted by atomic mass is 9.85. The molecular weight excluding hydrogens is 1710 g/mol. The Bertz CT molecular complexity index is 8610. The number of hydrogen-bond acceptors (Lipinski definition) is 13. The van der Waals surface area contributed by atoms with Crippen LogP contribution in [-0.4, -0.2) is 96.4 Å². The summed E-state index contributed by atoms with van der Waals surface area (Å²) in [6.07, 6.45) is 33.7. The van der Waals surface area contributed by atoms with Crippen molar-refractivity contribution >= 4 is 90.4 Å². The number of para-hydroxylation sites is 2. The monoisotopic (exact) mass is 1790 g/mol. The molecule has 18 heteroatoms. The molecule has 3 aliphatic carbocycles. The van der Waals surface area contributed by atoms with E-state index in [9.17, 15) is 0 Å². The molecule has 0 spiro atoms. The van der Waals surface area contributed by atoms with Crippen molar-refractivity contribution in [2.24, 2.45) is 9.98 Å². The van der Waals surface area contributed by atoms with Gasteiger partial charge in [-0.2, -0.15) is 0 Å². The zero-order valence-electron chi connectivity index (χ0n) is 75.9. The number of nitrogens with zero attached hydrogens (tertiary/aromatic N) is 18. The topological polar surface area (TPSA) is 182 Å². The average Bonchev–Trinajstić information content (AvgIpc) is 1.59. The van der Waals surface area contributed by atoms with Crippen LogP contribution in [0.5, 0.6) is 0 Å². The van der Waals surface area contributed by atoms with Gasteiger partial charge in [-0.1, -0.05) is 273 Å². The fourth-order valence-corrected chi connectivity index (χ4v) is 21.3. The maximum absolute atomic E-state index is 5.95. The second-order valence-corrected chi connectivity index (χ2v) is 36.3. The van der Waals surface area contributed by atoms with Gasteiger partial charge in [-0.25, -0.2) is 49.8 Å². The molecule has 2 aliphatic heterocycles. The Kier molecular flexibility index (Phi) is 20.2. The molecule has 0 amide bonds. The molecule has 0 N–H and O–H groups in total. The summed E-state index contributed by atoms with van der Waals surface area (Å²) < 4.78 is 11.4. The van der Waals surface area contributed by atoms with Gasteiger partial charge in [0.1, 0.15) is 68.6 Å². The molecule has 5 unspecified atom stereocenters. The van der Waals surface area contributed by atoms with E-state index in [1.54, 1.807) is 0 Å². The van der Waals surface area contributed by atoms with Gasteiger partial charge < -0.3 is 9.13 Å². The molecule has 10 aromatic heterocycles. The number of dihydropyridines is 1. The Balaban J connectivity index is 0.694. The number of benzene rings is 11. The standard InChI is InChI=1S/C121H88N18/c1-121-109(60-32-66-126-121)133-115(139(121)108-59-25-22-53-99(108)83-43-18-7-19-44-83)92-71-90(113-130-103-56-31-65-124-118(103)137(113)106-57-23-20-51-97(106)81-39-14-5-15-40-81)70-91(72-92)114-131-104-62-61-100(127-120(104)138(114)107-58-24-21-52-98(107)82-41-16-6-17-42-82)93-76-105-119(125-77-93)136(96-50-28-47-86(75-96)80-37-12-4-13-38-80)112(132-105)89-68-87(110-128-101-54-29-63-122-116(101)134(110)94-48-26-45-84(73-94)78-33-8-2-9-34-78)67-88(69-89)111-129-102-55-30-64-123-117(102)135(111)95-49-27-46-85(74-95)79-35-10-3-11-36-79/h2-19,21-45,47-50,52-72,75-77,85,94-95,109H,20,46,51,73-74H2,1H3. The lowest BCUT2D eigenvalue weighted by Gasteiger charge is -2.38. The fraction of sp³-hybridized carbons (Fsp3) is 0.0909. The number of amidine groups is 1. The van der Waals surface area contributed by atoms with E-state index < -0.39 is 5.66 Å². The van der Waals surface area contributed by atoms with E-state index in [-0.39, 0.29) is 24.0 Å². The highest BCUT2D eigenvalue weighted by atomic mass is 15.4. The van der Waals surface area contributed by atoms with Crippen molar-refractivity contribution in [3.05, 3.63) is 448 Å². The van der Waals surface area contributed by atoms with Crippen molar-refractivity contribution in [1.29, 1.82) is 0 Å². The second-order valence-electron chi connectivity index (χ2n) is 36.3. The quantitative estimate of drug-likeness (QED) is 0.0703. The number of imidazole rings is 5. The third-order valence-electron chi connectivity index (χ3n) is 27.9. The van der Waals surface area contributed by atoms with Gasteiger partial charge in [0.05, 0.1) is 34.8 Å². The van der Waals surface area contributed by atoms with Gasteiger partial charge in [-0.15, -0.1) is 0 Å². The van der Waals surface area contributed by atoms with Gasteiger partial charge >= 0.3 is 0 Å². The Morgan fingerprint density at radius 1 is 0.353 bits per heavy atom. The van der Waals surface area contributed by atoms with Crippen molar-refractivity contribution in [3.63, 3.8) is 0 Å². The molecule has 11 aromatic carbocycles. The highest BCUT2D eigenvalue weighted by Crippen LogP contribution is 2.49. The fourth-order valence-electron chi connectivity index (χ4n) is 21.3. The zero-order chi connectivity index (χ0) is 92.0. The number of allylic oxidation sites excluding steroid dienone is 11. The van der Waals surface area contributed by atoms with E-state index in [0.717, 1.165) is 177 Å². The van der Waals surface area contributed by atoms with E-state index in [1.807, 2.05) is 55.3 Å². The largest absolute Gasteiger partial charge is 0.302 e. The van der Waals surface area contributed by atoms with Crippen LogP contribution in [0.25, 0.3) is 186 Å². The molecule has 662 valence electrons. The molecule has 0 saturated carbocycles. The highest BCUT2D eigenvalue weighted by Gasteiger charge is 2.49. The Morgan fingerprint density at radius 3 is 1.55 bits per heavy atom. The summed E-state index contributed by atoms with van der Waals surface area (Å²) in [4.78, 5) is 69.6. The van der Waals surface area contributed by atoms with Crippen LogP contribution < -0.4 is 4.90 Å². The summed E-state index contributed by atoms with van der Waals surface area (Å²) in [5.74, 6) is 4.48. The van der Waals surface area contributed by atoms with E-state index in [1.165, 1.54) is 22.3 Å². The van der Waals surface area contributed by atoms with Crippen LogP contribution in [0, 0.1) is 0 Å². The van der Waals surface area contributed by atoms with Gasteiger partial charge in [0.2, 0.25) is 0 Å². The Morgan fingerprint density at radius 2 is 0.878 bits per heavy atom. The van der Waals surface area contributed by atoms with Crippen LogP contribution in [0.2, 0.25) is 0 Å². The molecular formula is C121H88N18. The Labute approximate surface area is 801 Å². The van der Waals surface area contributed by atoms with Gasteiger partial charge in [0, 0.05) is 86.8 Å². The molecule has 0 fully saturated rings. The number of aromatic nitrogens is 15. The van der Waals surface area contributed by atoms with Crippen molar-refractivity contribution in [2.45, 2.75) is 68.7 Å². The molecule has 18 nitrogen and oxygen atoms in total. The van der Waals surface area contributed by atoms with Gasteiger partial charge in [-0.3, -0.25) is 28.6 Å². The van der Waals surface area contributed by atoms with E-state index in [0.29, 0.717) is 51.9 Å². The second kappa shape index (κ2) is 34.2. The average molecular weight is 1790 g/mol. The van der Waals surface area contributed by atoms with Crippen LogP contribution in [0.15, 0.2) is 435 Å².